The maximum absolute atomic E-state index is 14.5. The van der Waals surface area contributed by atoms with Crippen LogP contribution in [0.5, 0.6) is 0 Å². The van der Waals surface area contributed by atoms with Crippen LogP contribution in [0.4, 0.5) is 19.3 Å². The van der Waals surface area contributed by atoms with Gasteiger partial charge < -0.3 is 9.84 Å². The van der Waals surface area contributed by atoms with Crippen LogP contribution in [0.25, 0.3) is 0 Å². The second-order valence-corrected chi connectivity index (χ2v) is 7.71. The molecule has 2 aromatic carbocycles. The summed E-state index contributed by atoms with van der Waals surface area (Å²) in [6.45, 7) is 2.32. The molecule has 3 saturated heterocycles. The van der Waals surface area contributed by atoms with Crippen LogP contribution >= 0.6 is 0 Å². The Morgan fingerprint density at radius 2 is 1.83 bits per heavy atom. The highest BCUT2D eigenvalue weighted by molar-refractivity contribution is 5.89. The van der Waals surface area contributed by atoms with Crippen molar-refractivity contribution in [3.05, 3.63) is 65.2 Å². The highest BCUT2D eigenvalue weighted by Gasteiger charge is 2.37. The van der Waals surface area contributed by atoms with Crippen molar-refractivity contribution in [3.63, 3.8) is 0 Å². The van der Waals surface area contributed by atoms with Gasteiger partial charge in [0.15, 0.2) is 0 Å². The second-order valence-electron chi connectivity index (χ2n) is 7.71. The highest BCUT2D eigenvalue weighted by atomic mass is 19.1. The summed E-state index contributed by atoms with van der Waals surface area (Å²) in [4.78, 5) is 27.4. The molecule has 0 spiro atoms. The molecule has 3 fully saturated rings. The van der Waals surface area contributed by atoms with Crippen LogP contribution in [-0.2, 0) is 11.3 Å². The van der Waals surface area contributed by atoms with Crippen LogP contribution < -0.4 is 4.90 Å². The average molecular weight is 416 g/mol. The number of halogens is 2. The fourth-order valence-corrected chi connectivity index (χ4v) is 4.14. The molecule has 0 unspecified atom stereocenters. The molecule has 1 amide bonds. The zero-order chi connectivity index (χ0) is 21.3. The Kier molecular flexibility index (Phi) is 5.67. The summed E-state index contributed by atoms with van der Waals surface area (Å²) in [6, 6.07) is 9.14. The molecule has 3 heterocycles. The van der Waals surface area contributed by atoms with E-state index in [1.165, 1.54) is 30.3 Å². The smallest absolute Gasteiger partial charge is 0.415 e. The maximum Gasteiger partial charge on any atom is 0.415 e. The van der Waals surface area contributed by atoms with Gasteiger partial charge in [-0.1, -0.05) is 18.2 Å². The number of nitrogens with zero attached hydrogens (tertiary/aromatic N) is 2. The number of carboxylic acid groups (broad SMARTS) is 1. The summed E-state index contributed by atoms with van der Waals surface area (Å²) in [7, 11) is 0. The van der Waals surface area contributed by atoms with Gasteiger partial charge >= 0.3 is 12.1 Å². The van der Waals surface area contributed by atoms with Crippen LogP contribution in [0.1, 0.15) is 28.8 Å². The first kappa shape index (κ1) is 20.3. The molecule has 30 heavy (non-hydrogen) atoms. The van der Waals surface area contributed by atoms with E-state index in [-0.39, 0.29) is 35.4 Å². The number of aromatic carboxylic acids is 1. The van der Waals surface area contributed by atoms with Gasteiger partial charge in [-0.2, -0.15) is 0 Å². The fraction of sp³-hybridized carbons (Fsp3) is 0.364. The van der Waals surface area contributed by atoms with Gasteiger partial charge in [0.2, 0.25) is 0 Å². The fourth-order valence-electron chi connectivity index (χ4n) is 4.14. The summed E-state index contributed by atoms with van der Waals surface area (Å²) in [5.74, 6) is -2.40. The maximum atomic E-state index is 14.5. The Morgan fingerprint density at radius 3 is 2.43 bits per heavy atom. The summed E-state index contributed by atoms with van der Waals surface area (Å²) in [5.41, 5.74) is -0.164. The van der Waals surface area contributed by atoms with E-state index in [9.17, 15) is 18.4 Å². The third-order valence-corrected chi connectivity index (χ3v) is 5.84. The van der Waals surface area contributed by atoms with Crippen LogP contribution in [-0.4, -0.2) is 47.8 Å². The third-order valence-electron chi connectivity index (χ3n) is 5.84. The van der Waals surface area contributed by atoms with E-state index in [1.54, 1.807) is 6.07 Å². The minimum Gasteiger partial charge on any atom is -0.478 e. The number of rotatable bonds is 5. The van der Waals surface area contributed by atoms with Crippen LogP contribution in [0.3, 0.4) is 0 Å². The summed E-state index contributed by atoms with van der Waals surface area (Å²) in [5, 5.41) is 9.01. The first-order chi connectivity index (χ1) is 14.4. The largest absolute Gasteiger partial charge is 0.478 e. The Morgan fingerprint density at radius 1 is 1.10 bits per heavy atom. The van der Waals surface area contributed by atoms with E-state index in [4.69, 9.17) is 9.84 Å². The van der Waals surface area contributed by atoms with Gasteiger partial charge in [0.25, 0.3) is 0 Å². The standard InChI is InChI=1S/C22H22F2N2O4/c23-17-3-1-2-4-19(17)26(12-16-6-5-15(21(27)28)11-18(16)24)22(29)30-20-13-25-9-7-14(20)8-10-25/h1-6,11,14,20H,7-10,12-13H2,(H,27,28)/t20-/m0/s1. The van der Waals surface area contributed by atoms with Gasteiger partial charge in [0, 0.05) is 12.1 Å². The van der Waals surface area contributed by atoms with Crippen LogP contribution in [0.2, 0.25) is 0 Å². The van der Waals surface area contributed by atoms with Crippen molar-refractivity contribution in [2.45, 2.75) is 25.5 Å². The lowest BCUT2D eigenvalue weighted by Crippen LogP contribution is -2.53. The lowest BCUT2D eigenvalue weighted by Gasteiger charge is -2.44. The number of anilines is 1. The number of hydrogen-bond acceptors (Lipinski definition) is 4. The molecule has 2 bridgehead atoms. The molecule has 3 aliphatic heterocycles. The van der Waals surface area contributed by atoms with E-state index >= 15 is 0 Å². The van der Waals surface area contributed by atoms with E-state index in [1.807, 2.05) is 0 Å². The number of benzene rings is 2. The zero-order valence-corrected chi connectivity index (χ0v) is 16.3. The number of para-hydroxylation sites is 1. The van der Waals surface area contributed by atoms with Crippen molar-refractivity contribution < 1.29 is 28.2 Å². The number of fused-ring (bicyclic) bond motifs is 3. The predicted molar refractivity (Wildman–Crippen MR) is 105 cm³/mol. The van der Waals surface area contributed by atoms with Gasteiger partial charge in [-0.3, -0.25) is 9.80 Å². The molecule has 8 heteroatoms. The molecule has 0 saturated carbocycles. The van der Waals surface area contributed by atoms with E-state index in [2.05, 4.69) is 4.90 Å². The van der Waals surface area contributed by atoms with Crippen molar-refractivity contribution >= 4 is 17.7 Å². The van der Waals surface area contributed by atoms with Crippen molar-refractivity contribution in [2.75, 3.05) is 24.5 Å². The topological polar surface area (TPSA) is 70.1 Å². The first-order valence-electron chi connectivity index (χ1n) is 9.89. The van der Waals surface area contributed by atoms with Gasteiger partial charge in [0.05, 0.1) is 17.8 Å². The number of ether oxygens (including phenoxy) is 1. The normalized spacial score (nSPS) is 22.5. The molecule has 2 aromatic rings. The molecular formula is C22H22F2N2O4. The summed E-state index contributed by atoms with van der Waals surface area (Å²) in [6.07, 6.45) is 0.861. The van der Waals surface area contributed by atoms with Crippen molar-refractivity contribution in [1.82, 2.24) is 4.90 Å². The summed E-state index contributed by atoms with van der Waals surface area (Å²) >= 11 is 0. The Bertz CT molecular complexity index is 960. The average Bonchev–Trinajstić information content (AvgIpc) is 2.74. The van der Waals surface area contributed by atoms with Crippen LogP contribution in [0.15, 0.2) is 42.5 Å². The molecule has 6 nitrogen and oxygen atoms in total. The quantitative estimate of drug-likeness (QED) is 0.801. The van der Waals surface area contributed by atoms with Crippen molar-refractivity contribution in [1.29, 1.82) is 0 Å². The predicted octanol–water partition coefficient (Wildman–Crippen LogP) is 3.90. The number of carboxylic acids is 1. The van der Waals surface area contributed by atoms with E-state index in [0.29, 0.717) is 6.54 Å². The zero-order valence-electron chi connectivity index (χ0n) is 16.3. The monoisotopic (exact) mass is 416 g/mol. The number of hydrogen-bond donors (Lipinski definition) is 1. The minimum absolute atomic E-state index is 0.0227. The van der Waals surface area contributed by atoms with E-state index in [0.717, 1.165) is 36.9 Å². The lowest BCUT2D eigenvalue weighted by molar-refractivity contribution is -0.0311. The van der Waals surface area contributed by atoms with Crippen LogP contribution in [0, 0.1) is 17.6 Å². The second kappa shape index (κ2) is 8.39. The summed E-state index contributed by atoms with van der Waals surface area (Å²) < 4.78 is 34.7. The number of carbonyl (C=O) groups is 2. The Labute approximate surface area is 172 Å². The molecule has 1 atom stereocenters. The molecule has 0 aromatic heterocycles. The van der Waals surface area contributed by atoms with Gasteiger partial charge in [-0.15, -0.1) is 0 Å². The third kappa shape index (κ3) is 4.14. The molecule has 1 N–H and O–H groups in total. The lowest BCUT2D eigenvalue weighted by atomic mass is 9.86. The molecule has 0 aliphatic carbocycles. The SMILES string of the molecule is O=C(O)c1ccc(CN(C(=O)O[C@H]2CN3CCC2CC3)c2ccccc2F)c(F)c1. The highest BCUT2D eigenvalue weighted by Crippen LogP contribution is 2.31. The number of carbonyl (C=O) groups excluding carboxylic acids is 1. The van der Waals surface area contributed by atoms with Crippen molar-refractivity contribution in [3.8, 4) is 0 Å². The molecule has 3 aliphatic rings. The molecule has 0 radical (unpaired) electrons. The number of piperidine rings is 3. The Hall–Kier alpha value is -3.00. The van der Waals surface area contributed by atoms with Gasteiger partial charge in [0.1, 0.15) is 17.7 Å². The molecule has 5 rings (SSSR count). The first-order valence-corrected chi connectivity index (χ1v) is 9.89. The van der Waals surface area contributed by atoms with E-state index < -0.39 is 23.7 Å². The molecular weight excluding hydrogens is 394 g/mol. The minimum atomic E-state index is -1.26. The number of amides is 1. The Balaban J connectivity index is 1.59. The van der Waals surface area contributed by atoms with Gasteiger partial charge in [-0.05, 0) is 56.1 Å². The van der Waals surface area contributed by atoms with Crippen molar-refractivity contribution in [2.24, 2.45) is 5.92 Å². The molecule has 158 valence electrons. The van der Waals surface area contributed by atoms with Gasteiger partial charge in [-0.25, -0.2) is 18.4 Å².